The first-order valence-corrected chi connectivity index (χ1v) is 4.69. The van der Waals surface area contributed by atoms with Crippen LogP contribution in [0.1, 0.15) is 18.3 Å². The van der Waals surface area contributed by atoms with Crippen molar-refractivity contribution in [3.63, 3.8) is 0 Å². The topological polar surface area (TPSA) is 33.4 Å². The van der Waals surface area contributed by atoms with Crippen LogP contribution in [-0.2, 0) is 0 Å². The van der Waals surface area contributed by atoms with Gasteiger partial charge in [0, 0.05) is 5.39 Å². The third-order valence-corrected chi connectivity index (χ3v) is 2.20. The standard InChI is InChI=1S/C11H9F3O2/c12-11(13,14)6-8(15)10-5-7-3-1-2-4-9(7)16-10/h1-5,8,15H,6H2. The van der Waals surface area contributed by atoms with Gasteiger partial charge in [-0.05, 0) is 12.1 Å². The van der Waals surface area contributed by atoms with Gasteiger partial charge in [0.15, 0.2) is 0 Å². The highest BCUT2D eigenvalue weighted by atomic mass is 19.4. The molecule has 0 saturated heterocycles. The molecule has 86 valence electrons. The minimum atomic E-state index is -4.40. The summed E-state index contributed by atoms with van der Waals surface area (Å²) in [6.45, 7) is 0. The highest BCUT2D eigenvalue weighted by molar-refractivity contribution is 5.77. The Kier molecular flexibility index (Phi) is 2.63. The van der Waals surface area contributed by atoms with Gasteiger partial charge in [0.1, 0.15) is 17.4 Å². The minimum Gasteiger partial charge on any atom is -0.458 e. The zero-order valence-electron chi connectivity index (χ0n) is 8.16. The van der Waals surface area contributed by atoms with Crippen molar-refractivity contribution >= 4 is 11.0 Å². The van der Waals surface area contributed by atoms with Crippen molar-refractivity contribution < 1.29 is 22.7 Å². The summed E-state index contributed by atoms with van der Waals surface area (Å²) in [7, 11) is 0. The zero-order valence-corrected chi connectivity index (χ0v) is 8.16. The average molecular weight is 230 g/mol. The molecule has 1 aromatic carbocycles. The van der Waals surface area contributed by atoms with Crippen LogP contribution < -0.4 is 0 Å². The molecule has 1 unspecified atom stereocenters. The van der Waals surface area contributed by atoms with E-state index in [1.807, 2.05) is 0 Å². The Morgan fingerprint density at radius 3 is 2.56 bits per heavy atom. The van der Waals surface area contributed by atoms with E-state index in [1.165, 1.54) is 6.07 Å². The van der Waals surface area contributed by atoms with Crippen LogP contribution in [0.4, 0.5) is 13.2 Å². The highest BCUT2D eigenvalue weighted by Gasteiger charge is 2.33. The Morgan fingerprint density at radius 1 is 1.25 bits per heavy atom. The van der Waals surface area contributed by atoms with E-state index in [-0.39, 0.29) is 5.76 Å². The zero-order chi connectivity index (χ0) is 11.8. The lowest BCUT2D eigenvalue weighted by Gasteiger charge is -2.10. The van der Waals surface area contributed by atoms with Gasteiger partial charge in [0.25, 0.3) is 0 Å². The largest absolute Gasteiger partial charge is 0.458 e. The molecule has 0 aliphatic heterocycles. The molecule has 0 aliphatic rings. The second-order valence-corrected chi connectivity index (χ2v) is 3.52. The molecule has 16 heavy (non-hydrogen) atoms. The molecule has 1 N–H and O–H groups in total. The number of aliphatic hydroxyl groups is 1. The summed E-state index contributed by atoms with van der Waals surface area (Å²) in [4.78, 5) is 0. The molecule has 0 bridgehead atoms. The number of benzene rings is 1. The first kappa shape index (κ1) is 11.0. The summed E-state index contributed by atoms with van der Waals surface area (Å²) < 4.78 is 41.3. The van der Waals surface area contributed by atoms with Gasteiger partial charge in [0.05, 0.1) is 6.42 Å². The fraction of sp³-hybridized carbons (Fsp3) is 0.273. The molecule has 2 nitrogen and oxygen atoms in total. The van der Waals surface area contributed by atoms with Crippen molar-refractivity contribution in [3.05, 3.63) is 36.1 Å². The van der Waals surface area contributed by atoms with Gasteiger partial charge in [-0.25, -0.2) is 0 Å². The molecule has 0 aliphatic carbocycles. The maximum atomic E-state index is 12.0. The molecule has 2 rings (SSSR count). The second-order valence-electron chi connectivity index (χ2n) is 3.52. The quantitative estimate of drug-likeness (QED) is 0.857. The van der Waals surface area contributed by atoms with Crippen LogP contribution in [0.3, 0.4) is 0 Å². The number of fused-ring (bicyclic) bond motifs is 1. The van der Waals surface area contributed by atoms with E-state index in [1.54, 1.807) is 24.3 Å². The van der Waals surface area contributed by atoms with Gasteiger partial charge >= 0.3 is 6.18 Å². The van der Waals surface area contributed by atoms with Crippen LogP contribution in [0.2, 0.25) is 0 Å². The van der Waals surface area contributed by atoms with Crippen LogP contribution >= 0.6 is 0 Å². The Labute approximate surface area is 89.3 Å². The maximum Gasteiger partial charge on any atom is 0.392 e. The molecule has 0 amide bonds. The smallest absolute Gasteiger partial charge is 0.392 e. The molecular weight excluding hydrogens is 221 g/mol. The van der Waals surface area contributed by atoms with Gasteiger partial charge in [0.2, 0.25) is 0 Å². The summed E-state index contributed by atoms with van der Waals surface area (Å²) in [6, 6.07) is 8.23. The number of aliphatic hydroxyl groups excluding tert-OH is 1. The fourth-order valence-electron chi connectivity index (χ4n) is 1.49. The SMILES string of the molecule is OC(CC(F)(F)F)c1cc2ccccc2o1. The van der Waals surface area contributed by atoms with E-state index < -0.39 is 18.7 Å². The molecule has 0 fully saturated rings. The first-order chi connectivity index (χ1) is 7.46. The summed E-state index contributed by atoms with van der Waals surface area (Å²) in [6.07, 6.45) is -7.35. The summed E-state index contributed by atoms with van der Waals surface area (Å²) in [5, 5.41) is 10.0. The number of hydrogen-bond acceptors (Lipinski definition) is 2. The van der Waals surface area contributed by atoms with Gasteiger partial charge in [-0.2, -0.15) is 13.2 Å². The van der Waals surface area contributed by atoms with Crippen LogP contribution in [0.25, 0.3) is 11.0 Å². The molecular formula is C11H9F3O2. The molecule has 1 heterocycles. The van der Waals surface area contributed by atoms with Crippen molar-refractivity contribution in [2.45, 2.75) is 18.7 Å². The average Bonchev–Trinajstić information content (AvgIpc) is 2.58. The highest BCUT2D eigenvalue weighted by Crippen LogP contribution is 2.32. The summed E-state index contributed by atoms with van der Waals surface area (Å²) in [5.41, 5.74) is 0.471. The molecule has 2 aromatic rings. The van der Waals surface area contributed by atoms with Crippen molar-refractivity contribution in [2.75, 3.05) is 0 Å². The lowest BCUT2D eigenvalue weighted by atomic mass is 10.2. The molecule has 0 spiro atoms. The summed E-state index contributed by atoms with van der Waals surface area (Å²) >= 11 is 0. The Bertz CT molecular complexity index is 454. The number of hydrogen-bond donors (Lipinski definition) is 1. The fourth-order valence-corrected chi connectivity index (χ4v) is 1.49. The molecule has 0 radical (unpaired) electrons. The third kappa shape index (κ3) is 2.36. The van der Waals surface area contributed by atoms with Crippen LogP contribution in [0.5, 0.6) is 0 Å². The van der Waals surface area contributed by atoms with Crippen molar-refractivity contribution in [1.82, 2.24) is 0 Å². The Hall–Kier alpha value is -1.49. The van der Waals surface area contributed by atoms with E-state index in [2.05, 4.69) is 0 Å². The minimum absolute atomic E-state index is 0.0569. The summed E-state index contributed by atoms with van der Waals surface area (Å²) in [5.74, 6) is -0.0569. The number of halogens is 3. The molecule has 0 saturated carbocycles. The van der Waals surface area contributed by atoms with Crippen LogP contribution in [-0.4, -0.2) is 11.3 Å². The van der Waals surface area contributed by atoms with E-state index >= 15 is 0 Å². The van der Waals surface area contributed by atoms with Crippen molar-refractivity contribution in [2.24, 2.45) is 0 Å². The number of furan rings is 1. The predicted molar refractivity (Wildman–Crippen MR) is 51.8 cm³/mol. The number of para-hydroxylation sites is 1. The van der Waals surface area contributed by atoms with Crippen LogP contribution in [0.15, 0.2) is 34.7 Å². The van der Waals surface area contributed by atoms with Gasteiger partial charge < -0.3 is 9.52 Å². The van der Waals surface area contributed by atoms with E-state index in [4.69, 9.17) is 4.42 Å². The van der Waals surface area contributed by atoms with Gasteiger partial charge in [-0.3, -0.25) is 0 Å². The van der Waals surface area contributed by atoms with Gasteiger partial charge in [-0.1, -0.05) is 18.2 Å². The number of alkyl halides is 3. The lowest BCUT2D eigenvalue weighted by Crippen LogP contribution is -2.12. The molecule has 1 aromatic heterocycles. The van der Waals surface area contributed by atoms with E-state index in [0.717, 1.165) is 0 Å². The Morgan fingerprint density at radius 2 is 1.94 bits per heavy atom. The normalized spacial score (nSPS) is 14.2. The lowest BCUT2D eigenvalue weighted by molar-refractivity contribution is -0.156. The van der Waals surface area contributed by atoms with Crippen molar-refractivity contribution in [3.8, 4) is 0 Å². The van der Waals surface area contributed by atoms with E-state index in [9.17, 15) is 18.3 Å². The predicted octanol–water partition coefficient (Wildman–Crippen LogP) is 3.42. The maximum absolute atomic E-state index is 12.0. The second kappa shape index (κ2) is 3.83. The van der Waals surface area contributed by atoms with E-state index in [0.29, 0.717) is 11.0 Å². The van der Waals surface area contributed by atoms with Gasteiger partial charge in [-0.15, -0.1) is 0 Å². The third-order valence-electron chi connectivity index (χ3n) is 2.20. The monoisotopic (exact) mass is 230 g/mol. The van der Waals surface area contributed by atoms with Crippen LogP contribution in [0, 0.1) is 0 Å². The number of rotatable bonds is 2. The Balaban J connectivity index is 2.26. The molecule has 5 heteroatoms. The first-order valence-electron chi connectivity index (χ1n) is 4.69. The molecule has 1 atom stereocenters. The van der Waals surface area contributed by atoms with Crippen molar-refractivity contribution in [1.29, 1.82) is 0 Å².